The molecule has 6 nitrogen and oxygen atoms in total. The van der Waals surface area contributed by atoms with Crippen molar-refractivity contribution in [3.8, 4) is 5.75 Å². The molecule has 1 aromatic carbocycles. The lowest BCUT2D eigenvalue weighted by Gasteiger charge is -2.12. The van der Waals surface area contributed by atoms with Gasteiger partial charge in [-0.1, -0.05) is 18.3 Å². The third kappa shape index (κ3) is 5.22. The highest BCUT2D eigenvalue weighted by Gasteiger charge is 2.12. The first-order valence-electron chi connectivity index (χ1n) is 7.30. The number of amides is 1. The monoisotopic (exact) mass is 428 g/mol. The minimum atomic E-state index is -0.315. The number of thiocarbonyl (C=S) groups is 1. The predicted molar refractivity (Wildman–Crippen MR) is 103 cm³/mol. The standard InChI is InChI=1S/C15H17BrN4O2S2/c1-4-12-19-20-15(24-12)18-14(23)17-13(21)9-5-6-11(10(16)7-9)22-8(2)3/h5-8H,4H2,1-3H3,(H2,17,18,20,21,23). The Morgan fingerprint density at radius 1 is 1.42 bits per heavy atom. The van der Waals surface area contributed by atoms with Crippen LogP contribution in [-0.4, -0.2) is 27.3 Å². The van der Waals surface area contributed by atoms with Gasteiger partial charge >= 0.3 is 0 Å². The molecular formula is C15H17BrN4O2S2. The van der Waals surface area contributed by atoms with Gasteiger partial charge in [-0.25, -0.2) is 0 Å². The van der Waals surface area contributed by atoms with Crippen molar-refractivity contribution >= 4 is 55.6 Å². The maximum atomic E-state index is 12.3. The van der Waals surface area contributed by atoms with Crippen molar-refractivity contribution < 1.29 is 9.53 Å². The number of ether oxygens (including phenoxy) is 1. The fourth-order valence-electron chi connectivity index (χ4n) is 1.74. The van der Waals surface area contributed by atoms with E-state index in [0.717, 1.165) is 11.4 Å². The van der Waals surface area contributed by atoms with Crippen LogP contribution in [0.15, 0.2) is 22.7 Å². The normalized spacial score (nSPS) is 10.5. The van der Waals surface area contributed by atoms with Crippen LogP contribution in [0.25, 0.3) is 0 Å². The fraction of sp³-hybridized carbons (Fsp3) is 0.333. The van der Waals surface area contributed by atoms with Crippen LogP contribution in [-0.2, 0) is 6.42 Å². The number of nitrogens with zero attached hydrogens (tertiary/aromatic N) is 2. The Labute approximate surface area is 158 Å². The molecule has 0 saturated carbocycles. The van der Waals surface area contributed by atoms with Crippen LogP contribution in [0.3, 0.4) is 0 Å². The van der Waals surface area contributed by atoms with Gasteiger partial charge in [0.25, 0.3) is 5.91 Å². The molecule has 1 amide bonds. The van der Waals surface area contributed by atoms with E-state index < -0.39 is 0 Å². The number of hydrogen-bond acceptors (Lipinski definition) is 6. The highest BCUT2D eigenvalue weighted by molar-refractivity contribution is 9.10. The van der Waals surface area contributed by atoms with Crippen molar-refractivity contribution in [3.63, 3.8) is 0 Å². The van der Waals surface area contributed by atoms with E-state index in [0.29, 0.717) is 20.9 Å². The molecule has 24 heavy (non-hydrogen) atoms. The number of rotatable bonds is 5. The minimum Gasteiger partial charge on any atom is -0.490 e. The first-order valence-corrected chi connectivity index (χ1v) is 9.31. The Bertz CT molecular complexity index is 749. The van der Waals surface area contributed by atoms with Crippen LogP contribution in [0.1, 0.15) is 36.1 Å². The fourth-order valence-corrected chi connectivity index (χ4v) is 3.15. The van der Waals surface area contributed by atoms with Gasteiger partial charge in [0.1, 0.15) is 10.8 Å². The van der Waals surface area contributed by atoms with Crippen LogP contribution in [0.2, 0.25) is 0 Å². The molecule has 128 valence electrons. The van der Waals surface area contributed by atoms with E-state index in [9.17, 15) is 4.79 Å². The topological polar surface area (TPSA) is 76.1 Å². The smallest absolute Gasteiger partial charge is 0.257 e. The number of nitrogens with one attached hydrogen (secondary N) is 2. The molecule has 2 rings (SSSR count). The molecular weight excluding hydrogens is 412 g/mol. The zero-order valence-corrected chi connectivity index (χ0v) is 16.6. The van der Waals surface area contributed by atoms with Crippen LogP contribution < -0.4 is 15.4 Å². The van der Waals surface area contributed by atoms with E-state index in [-0.39, 0.29) is 17.1 Å². The SMILES string of the molecule is CCc1nnc(NC(=S)NC(=O)c2ccc(OC(C)C)c(Br)c2)s1. The molecule has 0 radical (unpaired) electrons. The maximum absolute atomic E-state index is 12.3. The highest BCUT2D eigenvalue weighted by atomic mass is 79.9. The number of halogens is 1. The summed E-state index contributed by atoms with van der Waals surface area (Å²) >= 11 is 9.94. The third-order valence-electron chi connectivity index (χ3n) is 2.77. The Kier molecular flexibility index (Phi) is 6.64. The first kappa shape index (κ1) is 18.8. The number of carbonyl (C=O) groups excluding carboxylic acids is 1. The van der Waals surface area contributed by atoms with Crippen molar-refractivity contribution in [2.45, 2.75) is 33.3 Å². The summed E-state index contributed by atoms with van der Waals surface area (Å²) in [6.07, 6.45) is 0.856. The average Bonchev–Trinajstić information content (AvgIpc) is 2.96. The van der Waals surface area contributed by atoms with E-state index in [1.165, 1.54) is 11.3 Å². The van der Waals surface area contributed by atoms with E-state index in [4.69, 9.17) is 17.0 Å². The molecule has 0 aliphatic heterocycles. The summed E-state index contributed by atoms with van der Waals surface area (Å²) in [6.45, 7) is 5.87. The molecule has 0 bridgehead atoms. The van der Waals surface area contributed by atoms with Crippen LogP contribution in [0.4, 0.5) is 5.13 Å². The summed E-state index contributed by atoms with van der Waals surface area (Å²) in [7, 11) is 0. The summed E-state index contributed by atoms with van der Waals surface area (Å²) in [5.74, 6) is 0.368. The van der Waals surface area contributed by atoms with Crippen molar-refractivity contribution in [2.24, 2.45) is 0 Å². The number of aryl methyl sites for hydroxylation is 1. The van der Waals surface area contributed by atoms with Gasteiger partial charge < -0.3 is 10.1 Å². The van der Waals surface area contributed by atoms with Gasteiger partial charge in [-0.2, -0.15) is 0 Å². The van der Waals surface area contributed by atoms with Gasteiger partial charge in [0.2, 0.25) is 5.13 Å². The Morgan fingerprint density at radius 3 is 2.75 bits per heavy atom. The summed E-state index contributed by atoms with van der Waals surface area (Å²) in [6, 6.07) is 5.12. The molecule has 0 fully saturated rings. The molecule has 1 aromatic heterocycles. The van der Waals surface area contributed by atoms with Gasteiger partial charge in [-0.05, 0) is 66.6 Å². The zero-order valence-electron chi connectivity index (χ0n) is 13.4. The summed E-state index contributed by atoms with van der Waals surface area (Å²) < 4.78 is 6.33. The van der Waals surface area contributed by atoms with Crippen LogP contribution in [0, 0.1) is 0 Å². The molecule has 0 spiro atoms. The van der Waals surface area contributed by atoms with Crippen molar-refractivity contribution in [1.82, 2.24) is 15.5 Å². The Hall–Kier alpha value is -1.58. The molecule has 0 aliphatic rings. The lowest BCUT2D eigenvalue weighted by molar-refractivity contribution is 0.0977. The molecule has 0 saturated heterocycles. The lowest BCUT2D eigenvalue weighted by Crippen LogP contribution is -2.34. The number of carbonyl (C=O) groups is 1. The number of aromatic nitrogens is 2. The van der Waals surface area contributed by atoms with Crippen LogP contribution in [0.5, 0.6) is 5.75 Å². The van der Waals surface area contributed by atoms with Gasteiger partial charge in [0.15, 0.2) is 5.11 Å². The largest absolute Gasteiger partial charge is 0.490 e. The molecule has 2 aromatic rings. The van der Waals surface area contributed by atoms with E-state index in [1.807, 2.05) is 20.8 Å². The molecule has 0 unspecified atom stereocenters. The van der Waals surface area contributed by atoms with E-state index >= 15 is 0 Å². The highest BCUT2D eigenvalue weighted by Crippen LogP contribution is 2.27. The lowest BCUT2D eigenvalue weighted by atomic mass is 10.2. The molecule has 2 N–H and O–H groups in total. The summed E-state index contributed by atoms with van der Waals surface area (Å²) in [5, 5.41) is 15.0. The first-order chi connectivity index (χ1) is 11.4. The zero-order chi connectivity index (χ0) is 17.7. The van der Waals surface area contributed by atoms with Gasteiger partial charge in [-0.15, -0.1) is 10.2 Å². The second-order valence-corrected chi connectivity index (χ2v) is 7.40. The molecule has 0 aliphatic carbocycles. The van der Waals surface area contributed by atoms with Gasteiger partial charge in [-0.3, -0.25) is 10.1 Å². The van der Waals surface area contributed by atoms with Crippen molar-refractivity contribution in [3.05, 3.63) is 33.2 Å². The van der Waals surface area contributed by atoms with Crippen molar-refractivity contribution in [1.29, 1.82) is 0 Å². The maximum Gasteiger partial charge on any atom is 0.257 e. The molecule has 9 heteroatoms. The number of benzene rings is 1. The van der Waals surface area contributed by atoms with Gasteiger partial charge in [0, 0.05) is 5.56 Å². The average molecular weight is 429 g/mol. The second-order valence-electron chi connectivity index (χ2n) is 5.07. The van der Waals surface area contributed by atoms with Crippen molar-refractivity contribution in [2.75, 3.05) is 5.32 Å². The molecule has 1 heterocycles. The van der Waals surface area contributed by atoms with Gasteiger partial charge in [0.05, 0.1) is 10.6 Å². The number of hydrogen-bond donors (Lipinski definition) is 2. The Balaban J connectivity index is 1.98. The number of anilines is 1. The minimum absolute atomic E-state index is 0.0534. The molecule has 0 atom stereocenters. The summed E-state index contributed by atoms with van der Waals surface area (Å²) in [4.78, 5) is 12.3. The quantitative estimate of drug-likeness (QED) is 0.705. The van der Waals surface area contributed by atoms with E-state index in [2.05, 4.69) is 36.8 Å². The third-order valence-corrected chi connectivity index (χ3v) is 4.58. The van der Waals surface area contributed by atoms with Crippen LogP contribution >= 0.6 is 39.5 Å². The second kappa shape index (κ2) is 8.50. The summed E-state index contributed by atoms with van der Waals surface area (Å²) in [5.41, 5.74) is 0.466. The predicted octanol–water partition coefficient (Wildman–Crippen LogP) is 3.78. The van der Waals surface area contributed by atoms with E-state index in [1.54, 1.807) is 18.2 Å². The Morgan fingerprint density at radius 2 is 2.17 bits per heavy atom.